The average Bonchev–Trinajstić information content (AvgIpc) is 3.16. The topological polar surface area (TPSA) is 85.4 Å². The molecule has 0 radical (unpaired) electrons. The second-order valence-electron chi connectivity index (χ2n) is 7.53. The molecular weight excluding hydrogens is 432 g/mol. The molecule has 0 spiro atoms. The molecule has 0 aromatic heterocycles. The summed E-state index contributed by atoms with van der Waals surface area (Å²) in [4.78, 5) is 16.2. The van der Waals surface area contributed by atoms with Crippen LogP contribution < -0.4 is 18.6 Å². The summed E-state index contributed by atoms with van der Waals surface area (Å²) in [6.45, 7) is 4.17. The largest absolute Gasteiger partial charge is 0.493 e. The fourth-order valence-corrected chi connectivity index (χ4v) is 4.52. The molecule has 0 N–H and O–H groups in total. The molecule has 1 aliphatic heterocycles. The van der Waals surface area contributed by atoms with E-state index in [1.54, 1.807) is 23.1 Å². The summed E-state index contributed by atoms with van der Waals surface area (Å²) in [6.07, 6.45) is 4.45. The summed E-state index contributed by atoms with van der Waals surface area (Å²) < 4.78 is 41.0. The minimum atomic E-state index is -4.05. The molecule has 2 aromatic carbocycles. The maximum Gasteiger partial charge on any atom is 0.339 e. The van der Waals surface area contributed by atoms with E-state index in [9.17, 15) is 13.2 Å². The lowest BCUT2D eigenvalue weighted by Gasteiger charge is -2.19. The molecule has 1 fully saturated rings. The van der Waals surface area contributed by atoms with E-state index >= 15 is 0 Å². The Morgan fingerprint density at radius 1 is 0.906 bits per heavy atom. The van der Waals surface area contributed by atoms with E-state index in [0.717, 1.165) is 25.8 Å². The second-order valence-corrected chi connectivity index (χ2v) is 9.08. The number of unbranched alkanes of at least 4 members (excludes halogenated alkanes) is 3. The summed E-state index contributed by atoms with van der Waals surface area (Å²) >= 11 is 0. The van der Waals surface area contributed by atoms with Gasteiger partial charge in [0.2, 0.25) is 0 Å². The van der Waals surface area contributed by atoms with Gasteiger partial charge < -0.3 is 18.6 Å². The molecular formula is C23H30N2O6S. The molecule has 0 bridgehead atoms. The van der Waals surface area contributed by atoms with Gasteiger partial charge in [-0.25, -0.2) is 4.79 Å². The average molecular weight is 463 g/mol. The van der Waals surface area contributed by atoms with Gasteiger partial charge in [0.25, 0.3) is 0 Å². The maximum atomic E-state index is 12.7. The van der Waals surface area contributed by atoms with Gasteiger partial charge in [0, 0.05) is 31.4 Å². The number of anilines is 1. The van der Waals surface area contributed by atoms with E-state index in [1.807, 2.05) is 4.90 Å². The van der Waals surface area contributed by atoms with Crippen LogP contribution >= 0.6 is 0 Å². The predicted molar refractivity (Wildman–Crippen MR) is 122 cm³/mol. The van der Waals surface area contributed by atoms with Crippen molar-refractivity contribution in [3.05, 3.63) is 42.5 Å². The number of rotatable bonds is 11. The van der Waals surface area contributed by atoms with Crippen molar-refractivity contribution in [2.24, 2.45) is 0 Å². The standard InChI is InChI=1S/C23H30N2O6S/c1-4-5-6-7-14-24-15-16-25(23(24)26)18-8-11-20(12-9-18)32(27,28)31-19-10-13-21(29-2)22(17-19)30-3/h8-13,17H,4-7,14-16H2,1-3H3. The van der Waals surface area contributed by atoms with Crippen molar-refractivity contribution in [3.8, 4) is 17.2 Å². The summed E-state index contributed by atoms with van der Waals surface area (Å²) in [5, 5.41) is 0. The van der Waals surface area contributed by atoms with Crippen molar-refractivity contribution >= 4 is 21.8 Å². The molecule has 9 heteroatoms. The number of hydrogen-bond donors (Lipinski definition) is 0. The van der Waals surface area contributed by atoms with Crippen molar-refractivity contribution in [1.29, 1.82) is 0 Å². The van der Waals surface area contributed by atoms with Crippen LogP contribution in [0.3, 0.4) is 0 Å². The predicted octanol–water partition coefficient (Wildman–Crippen LogP) is 4.29. The van der Waals surface area contributed by atoms with E-state index in [1.165, 1.54) is 44.9 Å². The zero-order valence-corrected chi connectivity index (χ0v) is 19.6. The molecule has 0 saturated carbocycles. The zero-order chi connectivity index (χ0) is 23.1. The zero-order valence-electron chi connectivity index (χ0n) is 18.7. The molecule has 3 rings (SSSR count). The number of carbonyl (C=O) groups excluding carboxylic acids is 1. The number of ether oxygens (including phenoxy) is 2. The highest BCUT2D eigenvalue weighted by atomic mass is 32.2. The third-order valence-corrected chi connectivity index (χ3v) is 6.64. The lowest BCUT2D eigenvalue weighted by molar-refractivity contribution is 0.219. The Bertz CT molecular complexity index is 1020. The third-order valence-electron chi connectivity index (χ3n) is 5.37. The minimum Gasteiger partial charge on any atom is -0.493 e. The monoisotopic (exact) mass is 462 g/mol. The molecule has 2 aromatic rings. The normalized spacial score (nSPS) is 14.0. The fourth-order valence-electron chi connectivity index (χ4n) is 3.60. The van der Waals surface area contributed by atoms with Crippen LogP contribution in [0.25, 0.3) is 0 Å². The van der Waals surface area contributed by atoms with Crippen LogP contribution in [0.15, 0.2) is 47.4 Å². The first-order valence-corrected chi connectivity index (χ1v) is 12.1. The Kier molecular flexibility index (Phi) is 7.84. The van der Waals surface area contributed by atoms with Crippen molar-refractivity contribution in [2.45, 2.75) is 37.5 Å². The molecule has 1 heterocycles. The van der Waals surface area contributed by atoms with Gasteiger partial charge >= 0.3 is 16.1 Å². The first kappa shape index (κ1) is 23.7. The summed E-state index contributed by atoms with van der Waals surface area (Å²) in [6, 6.07) is 10.6. The lowest BCUT2D eigenvalue weighted by atomic mass is 10.2. The van der Waals surface area contributed by atoms with Gasteiger partial charge in [-0.05, 0) is 42.8 Å². The minimum absolute atomic E-state index is 0.000831. The molecule has 0 atom stereocenters. The van der Waals surface area contributed by atoms with Gasteiger partial charge in [0.05, 0.1) is 14.2 Å². The highest BCUT2D eigenvalue weighted by Crippen LogP contribution is 2.32. The van der Waals surface area contributed by atoms with E-state index in [-0.39, 0.29) is 16.7 Å². The fraction of sp³-hybridized carbons (Fsp3) is 0.435. The van der Waals surface area contributed by atoms with Crippen LogP contribution in [0.1, 0.15) is 32.6 Å². The van der Waals surface area contributed by atoms with Crippen LogP contribution in [0.5, 0.6) is 17.2 Å². The Hall–Kier alpha value is -2.94. The van der Waals surface area contributed by atoms with Gasteiger partial charge in [-0.15, -0.1) is 0 Å². The first-order chi connectivity index (χ1) is 15.4. The Balaban J connectivity index is 1.66. The van der Waals surface area contributed by atoms with Gasteiger partial charge in [-0.2, -0.15) is 8.42 Å². The van der Waals surface area contributed by atoms with Gasteiger partial charge in [0.1, 0.15) is 10.6 Å². The van der Waals surface area contributed by atoms with E-state index in [0.29, 0.717) is 30.3 Å². The van der Waals surface area contributed by atoms with Crippen molar-refractivity contribution in [3.63, 3.8) is 0 Å². The second kappa shape index (κ2) is 10.6. The highest BCUT2D eigenvalue weighted by molar-refractivity contribution is 7.87. The van der Waals surface area contributed by atoms with Crippen LogP contribution in [0.4, 0.5) is 10.5 Å². The quantitative estimate of drug-likeness (QED) is 0.366. The number of nitrogens with zero attached hydrogens (tertiary/aromatic N) is 2. The van der Waals surface area contributed by atoms with Gasteiger partial charge in [-0.3, -0.25) is 4.90 Å². The van der Waals surface area contributed by atoms with E-state index in [2.05, 4.69) is 6.92 Å². The number of amides is 2. The molecule has 1 aliphatic rings. The summed E-state index contributed by atoms with van der Waals surface area (Å²) in [7, 11) is -1.10. The SMILES string of the molecule is CCCCCCN1CCN(c2ccc(S(=O)(=O)Oc3ccc(OC)c(OC)c3)cc2)C1=O. The van der Waals surface area contributed by atoms with Crippen LogP contribution in [-0.4, -0.2) is 53.2 Å². The van der Waals surface area contributed by atoms with Gasteiger partial charge in [-0.1, -0.05) is 26.2 Å². The maximum absolute atomic E-state index is 12.7. The number of methoxy groups -OCH3 is 2. The Labute approximate surface area is 189 Å². The lowest BCUT2D eigenvalue weighted by Crippen LogP contribution is -2.32. The molecule has 1 saturated heterocycles. The molecule has 2 amide bonds. The summed E-state index contributed by atoms with van der Waals surface area (Å²) in [5.41, 5.74) is 0.663. The van der Waals surface area contributed by atoms with Crippen LogP contribution in [-0.2, 0) is 10.1 Å². The van der Waals surface area contributed by atoms with Crippen LogP contribution in [0.2, 0.25) is 0 Å². The Morgan fingerprint density at radius 2 is 1.62 bits per heavy atom. The smallest absolute Gasteiger partial charge is 0.339 e. The molecule has 0 unspecified atom stereocenters. The first-order valence-electron chi connectivity index (χ1n) is 10.7. The number of urea groups is 1. The summed E-state index contributed by atoms with van der Waals surface area (Å²) in [5.74, 6) is 0.943. The van der Waals surface area contributed by atoms with Crippen molar-refractivity contribution in [1.82, 2.24) is 4.90 Å². The molecule has 32 heavy (non-hydrogen) atoms. The van der Waals surface area contributed by atoms with Crippen molar-refractivity contribution < 1.29 is 26.9 Å². The third kappa shape index (κ3) is 5.45. The number of carbonyl (C=O) groups is 1. The van der Waals surface area contributed by atoms with E-state index < -0.39 is 10.1 Å². The molecule has 8 nitrogen and oxygen atoms in total. The molecule has 0 aliphatic carbocycles. The number of hydrogen-bond acceptors (Lipinski definition) is 6. The van der Waals surface area contributed by atoms with Crippen molar-refractivity contribution in [2.75, 3.05) is 38.8 Å². The number of benzene rings is 2. The highest BCUT2D eigenvalue weighted by Gasteiger charge is 2.29. The van der Waals surface area contributed by atoms with Gasteiger partial charge in [0.15, 0.2) is 11.5 Å². The van der Waals surface area contributed by atoms with Crippen LogP contribution in [0, 0.1) is 0 Å². The van der Waals surface area contributed by atoms with E-state index in [4.69, 9.17) is 13.7 Å². The Morgan fingerprint density at radius 3 is 2.28 bits per heavy atom. The molecule has 174 valence electrons.